The van der Waals surface area contributed by atoms with E-state index in [0.29, 0.717) is 6.10 Å². The van der Waals surface area contributed by atoms with E-state index in [2.05, 4.69) is 46.4 Å². The number of hydrogen-bond acceptors (Lipinski definition) is 2. The zero-order valence-electron chi connectivity index (χ0n) is 9.74. The first kappa shape index (κ1) is 14.9. The Labute approximate surface area is 106 Å². The second-order valence-electron chi connectivity index (χ2n) is 3.42. The summed E-state index contributed by atoms with van der Waals surface area (Å²) in [7, 11) is 1.80. The van der Waals surface area contributed by atoms with Crippen molar-refractivity contribution in [2.24, 2.45) is 0 Å². The van der Waals surface area contributed by atoms with Gasteiger partial charge in [0.05, 0.1) is 12.4 Å². The lowest BCUT2D eigenvalue weighted by Gasteiger charge is -2.15. The highest BCUT2D eigenvalue weighted by Crippen LogP contribution is 2.13. The van der Waals surface area contributed by atoms with Crippen molar-refractivity contribution in [3.8, 4) is 0 Å². The molecule has 0 aliphatic heterocycles. The van der Waals surface area contributed by atoms with Crippen molar-refractivity contribution in [3.63, 3.8) is 0 Å². The molecule has 2 atom stereocenters. The maximum Gasteiger partial charge on any atom is 0.0919 e. The summed E-state index contributed by atoms with van der Waals surface area (Å²) in [5, 5.41) is 0. The van der Waals surface area contributed by atoms with E-state index in [1.165, 1.54) is 19.3 Å². The Morgan fingerprint density at radius 3 is 2.53 bits per heavy atom. The Bertz CT molecular complexity index is 185. The molecule has 1 N–H and O–H groups in total. The number of imidazole rings is 1. The van der Waals surface area contributed by atoms with Gasteiger partial charge < -0.3 is 9.72 Å². The summed E-state index contributed by atoms with van der Waals surface area (Å²) in [5.41, 5.74) is 0. The summed E-state index contributed by atoms with van der Waals surface area (Å²) in [6.07, 6.45) is 9.17. The third-order valence-corrected chi connectivity index (χ3v) is 2.45. The van der Waals surface area contributed by atoms with Gasteiger partial charge in [-0.25, -0.2) is 4.98 Å². The zero-order valence-corrected chi connectivity index (χ0v) is 11.9. The molecule has 15 heavy (non-hydrogen) atoms. The van der Waals surface area contributed by atoms with Gasteiger partial charge in [-0.2, -0.15) is 0 Å². The first-order valence-corrected chi connectivity index (χ1v) is 6.54. The number of nitrogens with one attached hydrogen (secondary N) is 1. The Morgan fingerprint density at radius 2 is 2.27 bits per heavy atom. The van der Waals surface area contributed by atoms with Gasteiger partial charge in [0.25, 0.3) is 0 Å². The number of H-pyrrole nitrogens is 1. The first-order valence-electron chi connectivity index (χ1n) is 5.30. The Balaban J connectivity index is 0.000000322. The maximum absolute atomic E-state index is 5.30. The molecule has 0 bridgehead atoms. The van der Waals surface area contributed by atoms with Gasteiger partial charge >= 0.3 is 0 Å². The third kappa shape index (κ3) is 10.2. The summed E-state index contributed by atoms with van der Waals surface area (Å²) < 4.78 is 6.03. The van der Waals surface area contributed by atoms with Gasteiger partial charge in [-0.05, 0) is 12.8 Å². The molecule has 0 radical (unpaired) electrons. The number of aromatic amines is 1. The van der Waals surface area contributed by atoms with Crippen molar-refractivity contribution in [1.82, 2.24) is 9.97 Å². The van der Waals surface area contributed by atoms with E-state index in [0.717, 1.165) is 3.92 Å². The normalized spacial score (nSPS) is 13.9. The molecule has 0 aliphatic carbocycles. The molecule has 88 valence electrons. The molecule has 1 heterocycles. The minimum absolute atomic E-state index is 0.483. The average Bonchev–Trinajstić information content (AvgIpc) is 2.74. The fraction of sp³-hybridized carbons (Fsp3) is 0.727. The van der Waals surface area contributed by atoms with E-state index in [1.807, 2.05) is 0 Å². The van der Waals surface area contributed by atoms with Crippen molar-refractivity contribution in [2.45, 2.75) is 43.1 Å². The summed E-state index contributed by atoms with van der Waals surface area (Å²) in [5.74, 6) is 0. The van der Waals surface area contributed by atoms with Gasteiger partial charge in [-0.1, -0.05) is 42.9 Å². The highest BCUT2D eigenvalue weighted by atomic mass is 127. The van der Waals surface area contributed by atoms with Crippen LogP contribution in [0, 0.1) is 0 Å². The van der Waals surface area contributed by atoms with Crippen LogP contribution in [0.1, 0.15) is 33.1 Å². The van der Waals surface area contributed by atoms with Gasteiger partial charge in [0, 0.05) is 23.4 Å². The van der Waals surface area contributed by atoms with Gasteiger partial charge in [0.1, 0.15) is 0 Å². The number of ether oxygens (including phenoxy) is 1. The summed E-state index contributed by atoms with van der Waals surface area (Å²) in [4.78, 5) is 6.42. The first-order chi connectivity index (χ1) is 7.20. The second kappa shape index (κ2) is 10.4. The van der Waals surface area contributed by atoms with Crippen molar-refractivity contribution in [2.75, 3.05) is 7.11 Å². The second-order valence-corrected chi connectivity index (χ2v) is 5.55. The van der Waals surface area contributed by atoms with Crippen molar-refractivity contribution in [3.05, 3.63) is 18.7 Å². The molecular formula is C11H21IN2O. The van der Waals surface area contributed by atoms with Crippen LogP contribution >= 0.6 is 22.6 Å². The summed E-state index contributed by atoms with van der Waals surface area (Å²) in [6, 6.07) is 0. The molecule has 1 aromatic heterocycles. The van der Waals surface area contributed by atoms with Crippen LogP contribution in [-0.4, -0.2) is 27.1 Å². The van der Waals surface area contributed by atoms with E-state index in [9.17, 15) is 0 Å². The Kier molecular flexibility index (Phi) is 10.3. The number of methoxy groups -OCH3 is 1. The van der Waals surface area contributed by atoms with Crippen molar-refractivity contribution < 1.29 is 4.74 Å². The van der Waals surface area contributed by atoms with Crippen LogP contribution in [0.5, 0.6) is 0 Å². The lowest BCUT2D eigenvalue weighted by atomic mass is 10.1. The van der Waals surface area contributed by atoms with Crippen LogP contribution in [0.2, 0.25) is 0 Å². The van der Waals surface area contributed by atoms with Gasteiger partial charge in [0.15, 0.2) is 0 Å². The SMILES string of the molecule is CCCC(CC(C)I)OC.c1c[nH]cn1. The Morgan fingerprint density at radius 1 is 1.53 bits per heavy atom. The smallest absolute Gasteiger partial charge is 0.0919 e. The summed E-state index contributed by atoms with van der Waals surface area (Å²) in [6.45, 7) is 4.42. The number of hydrogen-bond donors (Lipinski definition) is 1. The van der Waals surface area contributed by atoms with Crippen LogP contribution in [0.15, 0.2) is 18.7 Å². The van der Waals surface area contributed by atoms with Crippen LogP contribution in [-0.2, 0) is 4.74 Å². The number of aromatic nitrogens is 2. The molecule has 0 saturated carbocycles. The van der Waals surface area contributed by atoms with Gasteiger partial charge in [-0.3, -0.25) is 0 Å². The van der Waals surface area contributed by atoms with Gasteiger partial charge in [-0.15, -0.1) is 0 Å². The number of rotatable bonds is 5. The molecule has 0 fully saturated rings. The fourth-order valence-corrected chi connectivity index (χ4v) is 1.80. The quantitative estimate of drug-likeness (QED) is 0.666. The highest BCUT2D eigenvalue weighted by molar-refractivity contribution is 14.1. The molecule has 2 unspecified atom stereocenters. The van der Waals surface area contributed by atoms with Crippen molar-refractivity contribution >= 4 is 22.6 Å². The molecule has 3 nitrogen and oxygen atoms in total. The van der Waals surface area contributed by atoms with Crippen LogP contribution in [0.4, 0.5) is 0 Å². The minimum atomic E-state index is 0.483. The molecule has 0 spiro atoms. The largest absolute Gasteiger partial charge is 0.381 e. The number of halogens is 1. The molecule has 0 amide bonds. The highest BCUT2D eigenvalue weighted by Gasteiger charge is 2.08. The topological polar surface area (TPSA) is 37.9 Å². The monoisotopic (exact) mass is 324 g/mol. The molecule has 0 aliphatic rings. The molecule has 1 aromatic rings. The number of alkyl halides is 1. The minimum Gasteiger partial charge on any atom is -0.381 e. The zero-order chi connectivity index (χ0) is 11.5. The van der Waals surface area contributed by atoms with E-state index < -0.39 is 0 Å². The van der Waals surface area contributed by atoms with Crippen LogP contribution in [0.25, 0.3) is 0 Å². The lowest BCUT2D eigenvalue weighted by molar-refractivity contribution is 0.0888. The van der Waals surface area contributed by atoms with E-state index in [4.69, 9.17) is 4.74 Å². The third-order valence-electron chi connectivity index (χ3n) is 1.94. The van der Waals surface area contributed by atoms with E-state index in [1.54, 1.807) is 25.8 Å². The standard InChI is InChI=1S/C8H17IO.C3H4N2/c1-4-5-8(10-3)6-7(2)9;1-2-5-3-4-1/h7-8H,4-6H2,1-3H3;1-3H,(H,4,5). The maximum atomic E-state index is 5.30. The predicted molar refractivity (Wildman–Crippen MR) is 72.4 cm³/mol. The lowest BCUT2D eigenvalue weighted by Crippen LogP contribution is -2.13. The molecule has 4 heteroatoms. The van der Waals surface area contributed by atoms with E-state index in [-0.39, 0.29) is 0 Å². The van der Waals surface area contributed by atoms with Gasteiger partial charge in [0.2, 0.25) is 0 Å². The molecule has 0 aromatic carbocycles. The van der Waals surface area contributed by atoms with Crippen LogP contribution in [0.3, 0.4) is 0 Å². The predicted octanol–water partition coefficient (Wildman–Crippen LogP) is 3.42. The molecular weight excluding hydrogens is 303 g/mol. The van der Waals surface area contributed by atoms with Crippen molar-refractivity contribution in [1.29, 1.82) is 0 Å². The number of nitrogens with zero attached hydrogens (tertiary/aromatic N) is 1. The Hall–Kier alpha value is -0.100. The van der Waals surface area contributed by atoms with Crippen LogP contribution < -0.4 is 0 Å². The average molecular weight is 324 g/mol. The molecule has 0 saturated heterocycles. The fourth-order valence-electron chi connectivity index (χ4n) is 1.23. The molecule has 1 rings (SSSR count). The summed E-state index contributed by atoms with van der Waals surface area (Å²) >= 11 is 2.44. The van der Waals surface area contributed by atoms with E-state index >= 15 is 0 Å².